The molecule has 4 aliphatic rings. The molecule has 0 amide bonds. The molecule has 14 rings (SSSR count). The summed E-state index contributed by atoms with van der Waals surface area (Å²) in [4.78, 5) is 43.0. The van der Waals surface area contributed by atoms with E-state index in [2.05, 4.69) is 221 Å². The molecule has 0 fully saturated rings. The summed E-state index contributed by atoms with van der Waals surface area (Å²) in [7, 11) is 0. The summed E-state index contributed by atoms with van der Waals surface area (Å²) in [5.41, 5.74) is 10.7. The highest BCUT2D eigenvalue weighted by Gasteiger charge is 2.18. The van der Waals surface area contributed by atoms with Crippen LogP contribution >= 0.6 is 0 Å². The van der Waals surface area contributed by atoms with Crippen molar-refractivity contribution in [1.29, 1.82) is 0 Å². The Hall–Kier alpha value is -8.62. The van der Waals surface area contributed by atoms with E-state index < -0.39 is 0 Å². The highest BCUT2D eigenvalue weighted by Crippen LogP contribution is 2.29. The molecule has 0 aromatic carbocycles. The van der Waals surface area contributed by atoms with E-state index in [0.29, 0.717) is 42.3 Å². The first-order chi connectivity index (χ1) is 40.5. The molecule has 0 radical (unpaired) electrons. The summed E-state index contributed by atoms with van der Waals surface area (Å²) in [6, 6.07) is 19.0. The fourth-order valence-electron chi connectivity index (χ4n) is 9.63. The molecular formula is C63H85N21. The molecule has 0 saturated heterocycles. The lowest BCUT2D eigenvalue weighted by atomic mass is 10.1. The van der Waals surface area contributed by atoms with Gasteiger partial charge in [-0.25, -0.2) is 54.2 Å². The summed E-state index contributed by atoms with van der Waals surface area (Å²) in [5.74, 6) is 3.16. The minimum absolute atomic E-state index is 0.310. The third-order valence-corrected chi connectivity index (χ3v) is 14.2. The number of fused-ring (bicyclic) bond motifs is 7. The van der Waals surface area contributed by atoms with Crippen LogP contribution in [0.25, 0.3) is 33.4 Å². The maximum absolute atomic E-state index is 4.41. The Labute approximate surface area is 493 Å². The Morgan fingerprint density at radius 3 is 1.62 bits per heavy atom. The topological polar surface area (TPSA) is 213 Å². The van der Waals surface area contributed by atoms with Gasteiger partial charge in [0.25, 0.3) is 0 Å². The first-order valence-electron chi connectivity index (χ1n) is 29.7. The summed E-state index contributed by atoms with van der Waals surface area (Å²) in [6.07, 6.45) is 30.4. The molecule has 10 aromatic heterocycles. The van der Waals surface area contributed by atoms with Gasteiger partial charge in [0, 0.05) is 111 Å². The summed E-state index contributed by atoms with van der Waals surface area (Å²) >= 11 is 0. The first-order valence-corrected chi connectivity index (χ1v) is 29.7. The van der Waals surface area contributed by atoms with Gasteiger partial charge in [-0.3, -0.25) is 4.99 Å². The van der Waals surface area contributed by atoms with Crippen LogP contribution in [0.2, 0.25) is 0 Å². The zero-order chi connectivity index (χ0) is 59.9. The highest BCUT2D eigenvalue weighted by molar-refractivity contribution is 5.80. The van der Waals surface area contributed by atoms with Gasteiger partial charge in [-0.15, -0.1) is 10.2 Å². The quantitative estimate of drug-likeness (QED) is 0.147. The van der Waals surface area contributed by atoms with E-state index in [0.717, 1.165) is 108 Å². The van der Waals surface area contributed by atoms with Crippen LogP contribution < -0.4 is 0 Å². The molecule has 10 aromatic rings. The molecular weight excluding hydrogens is 1050 g/mol. The number of rotatable bonds is 7. The molecule has 0 atom stereocenters. The second kappa shape index (κ2) is 29.1. The molecule has 4 aliphatic heterocycles. The maximum atomic E-state index is 4.41. The van der Waals surface area contributed by atoms with Crippen molar-refractivity contribution in [2.45, 2.75) is 184 Å². The van der Waals surface area contributed by atoms with E-state index in [-0.39, 0.29) is 0 Å². The molecule has 0 aliphatic carbocycles. The molecule has 14 heterocycles. The molecule has 442 valence electrons. The number of aryl methyl sites for hydroxylation is 3. The SMILES string of the molecule is CC(C)n1ccc2c1N=CCC2.CC(C)n1ccc2cccnc21.CC(C)n1cnc2c1C=NCC2.CC(C)n1cnc2c1N=CCC2.CC(C)n1cnc2cccnc21.CC(C)n1nnc2c1N=CCC2.CC(C)n1nnc2cccnc21. The van der Waals surface area contributed by atoms with Gasteiger partial charge in [0.2, 0.25) is 0 Å². The van der Waals surface area contributed by atoms with Gasteiger partial charge in [0.05, 0.1) is 48.1 Å². The van der Waals surface area contributed by atoms with Gasteiger partial charge < -0.3 is 22.8 Å². The normalized spacial score (nSPS) is 13.5. The van der Waals surface area contributed by atoms with E-state index in [4.69, 9.17) is 0 Å². The van der Waals surface area contributed by atoms with E-state index in [1.165, 1.54) is 22.3 Å². The first kappa shape index (κ1) is 61.5. The van der Waals surface area contributed by atoms with Crippen molar-refractivity contribution < 1.29 is 0 Å². The Bertz CT molecular complexity index is 3340. The highest BCUT2D eigenvalue weighted by atomic mass is 15.5. The van der Waals surface area contributed by atoms with Crippen molar-refractivity contribution in [3.05, 3.63) is 127 Å². The van der Waals surface area contributed by atoms with Crippen LogP contribution in [0.1, 0.15) is 187 Å². The predicted molar refractivity (Wildman–Crippen MR) is 340 cm³/mol. The summed E-state index contributed by atoms with van der Waals surface area (Å²) in [6.45, 7) is 30.7. The van der Waals surface area contributed by atoms with Crippen molar-refractivity contribution in [3.63, 3.8) is 0 Å². The van der Waals surface area contributed by atoms with Crippen LogP contribution in [-0.2, 0) is 25.7 Å². The van der Waals surface area contributed by atoms with Crippen molar-refractivity contribution in [3.8, 4) is 0 Å². The minimum Gasteiger partial charge on any atom is -0.330 e. The van der Waals surface area contributed by atoms with Crippen LogP contribution in [0.3, 0.4) is 0 Å². The van der Waals surface area contributed by atoms with Gasteiger partial charge >= 0.3 is 0 Å². The monoisotopic (exact) mass is 1140 g/mol. The third-order valence-electron chi connectivity index (χ3n) is 14.2. The Morgan fingerprint density at radius 1 is 0.393 bits per heavy atom. The van der Waals surface area contributed by atoms with E-state index >= 15 is 0 Å². The van der Waals surface area contributed by atoms with Crippen LogP contribution in [0, 0.1) is 0 Å². The van der Waals surface area contributed by atoms with Crippen molar-refractivity contribution >= 4 is 75.7 Å². The molecule has 0 saturated carbocycles. The molecule has 84 heavy (non-hydrogen) atoms. The number of aromatic nitrogens is 17. The number of nitrogens with zero attached hydrogens (tertiary/aromatic N) is 21. The van der Waals surface area contributed by atoms with Gasteiger partial charge in [0.15, 0.2) is 22.9 Å². The standard InChI is InChI=1S/C10H14N2.C10H12N2.2C9H13N3.C9H11N3.C8H12N4.C8H10N4/c2*1-8(2)12-7-5-9-4-3-6-11-10(9)12;1-7(2)12-6-11-8-3-4-10-5-9(8)12;2*1-7(2)12-6-11-8-4-3-5-10-9(8)12;2*1-6(2)12-8-7(10-11-12)4-3-5-9-8/h5-8H,3-4H2,1-2H3;3-8H,1-2H3;2*5-7H,3-4H2,1-2H3;3-7H,1-2H3;5-6H,3-4H2,1-2H3;3-6H,1-2H3. The lowest BCUT2D eigenvalue weighted by molar-refractivity contribution is 0.518. The number of pyridine rings is 3. The van der Waals surface area contributed by atoms with Crippen LogP contribution in [-0.4, -0.2) is 114 Å². The van der Waals surface area contributed by atoms with Gasteiger partial charge in [-0.2, -0.15) is 0 Å². The Morgan fingerprint density at radius 2 is 0.940 bits per heavy atom. The molecule has 0 bridgehead atoms. The summed E-state index contributed by atoms with van der Waals surface area (Å²) in [5, 5.41) is 17.3. The van der Waals surface area contributed by atoms with E-state index in [1.807, 2.05) is 89.7 Å². The number of aliphatic imine (C=N–C) groups is 4. The second-order valence-corrected chi connectivity index (χ2v) is 22.8. The Kier molecular flexibility index (Phi) is 21.3. The fourth-order valence-corrected chi connectivity index (χ4v) is 9.63. The predicted octanol–water partition coefficient (Wildman–Crippen LogP) is 13.8. The largest absolute Gasteiger partial charge is 0.330 e. The third kappa shape index (κ3) is 15.1. The van der Waals surface area contributed by atoms with Crippen molar-refractivity contribution in [2.24, 2.45) is 20.0 Å². The lowest BCUT2D eigenvalue weighted by Gasteiger charge is -2.12. The molecule has 0 unspecified atom stereocenters. The van der Waals surface area contributed by atoms with Crippen molar-refractivity contribution in [1.82, 2.24) is 82.7 Å². The number of hydrogen-bond acceptors (Lipinski definition) is 14. The van der Waals surface area contributed by atoms with E-state index in [1.54, 1.807) is 12.4 Å². The minimum atomic E-state index is 0.310. The average Bonchev–Trinajstić information content (AvgIpc) is 4.48. The van der Waals surface area contributed by atoms with Crippen molar-refractivity contribution in [2.75, 3.05) is 6.54 Å². The molecule has 0 spiro atoms. The molecule has 0 N–H and O–H groups in total. The lowest BCUT2D eigenvalue weighted by Crippen LogP contribution is -2.09. The van der Waals surface area contributed by atoms with Gasteiger partial charge in [-0.05, 0) is 183 Å². The zero-order valence-electron chi connectivity index (χ0n) is 51.6. The van der Waals surface area contributed by atoms with Crippen LogP contribution in [0.5, 0.6) is 0 Å². The number of imidazole rings is 3. The fraction of sp³-hybridized carbons (Fsp3) is 0.460. The van der Waals surface area contributed by atoms with Crippen LogP contribution in [0.4, 0.5) is 17.5 Å². The zero-order valence-corrected chi connectivity index (χ0v) is 51.6. The second-order valence-electron chi connectivity index (χ2n) is 22.8. The van der Waals surface area contributed by atoms with E-state index in [9.17, 15) is 0 Å². The average molecular weight is 1140 g/mol. The maximum Gasteiger partial charge on any atom is 0.178 e. The van der Waals surface area contributed by atoms with Crippen LogP contribution in [0.15, 0.2) is 118 Å². The summed E-state index contributed by atoms with van der Waals surface area (Å²) < 4.78 is 14.4. The van der Waals surface area contributed by atoms with Gasteiger partial charge in [-0.1, -0.05) is 10.4 Å². The molecule has 21 nitrogen and oxygen atoms in total. The smallest absolute Gasteiger partial charge is 0.178 e. The Balaban J connectivity index is 0.000000128. The van der Waals surface area contributed by atoms with Gasteiger partial charge in [0.1, 0.15) is 28.2 Å². The molecule has 21 heteroatoms. The number of hydrogen-bond donors (Lipinski definition) is 0.